The van der Waals surface area contributed by atoms with Gasteiger partial charge in [0.25, 0.3) is 0 Å². The number of nitrogens with one attached hydrogen (secondary N) is 1. The molecular formula is C16H16BrN3O. The molecule has 21 heavy (non-hydrogen) atoms. The summed E-state index contributed by atoms with van der Waals surface area (Å²) in [5, 5.41) is 7.05. The van der Waals surface area contributed by atoms with Crippen molar-refractivity contribution in [2.75, 3.05) is 5.32 Å². The van der Waals surface area contributed by atoms with E-state index < -0.39 is 0 Å². The standard InChI is InChI=1S/C16H16BrN3O/c1-2-3-4-5-16(21)19-15-10-11-18-20(15)12-13-6-8-14(17)9-7-13/h2-11H,12H2,1H3,(H,19,21). The van der Waals surface area contributed by atoms with Crippen LogP contribution in [0.5, 0.6) is 0 Å². The molecule has 0 aliphatic rings. The van der Waals surface area contributed by atoms with E-state index in [1.54, 1.807) is 29.1 Å². The number of nitrogens with zero attached hydrogens (tertiary/aromatic N) is 2. The highest BCUT2D eigenvalue weighted by molar-refractivity contribution is 9.10. The molecule has 4 nitrogen and oxygen atoms in total. The summed E-state index contributed by atoms with van der Waals surface area (Å²) in [7, 11) is 0. The molecule has 5 heteroatoms. The Balaban J connectivity index is 2.04. The first-order valence-electron chi connectivity index (χ1n) is 6.55. The summed E-state index contributed by atoms with van der Waals surface area (Å²) in [5.41, 5.74) is 1.11. The van der Waals surface area contributed by atoms with Gasteiger partial charge in [-0.3, -0.25) is 4.79 Å². The van der Waals surface area contributed by atoms with E-state index in [1.165, 1.54) is 6.08 Å². The van der Waals surface area contributed by atoms with Crippen molar-refractivity contribution >= 4 is 27.7 Å². The maximum Gasteiger partial charge on any atom is 0.249 e. The average Bonchev–Trinajstić information content (AvgIpc) is 2.89. The van der Waals surface area contributed by atoms with Gasteiger partial charge in [0.15, 0.2) is 0 Å². The first kappa shape index (κ1) is 15.3. The molecule has 0 spiro atoms. The number of anilines is 1. The van der Waals surface area contributed by atoms with Gasteiger partial charge in [-0.05, 0) is 24.6 Å². The summed E-state index contributed by atoms with van der Waals surface area (Å²) >= 11 is 3.41. The summed E-state index contributed by atoms with van der Waals surface area (Å²) in [6, 6.07) is 9.78. The van der Waals surface area contributed by atoms with E-state index in [-0.39, 0.29) is 5.91 Å². The number of rotatable bonds is 5. The van der Waals surface area contributed by atoms with Gasteiger partial charge in [0, 0.05) is 16.6 Å². The molecule has 1 aromatic carbocycles. The Morgan fingerprint density at radius 2 is 2.05 bits per heavy atom. The van der Waals surface area contributed by atoms with E-state index >= 15 is 0 Å². The van der Waals surface area contributed by atoms with Crippen LogP contribution < -0.4 is 5.32 Å². The molecule has 0 unspecified atom stereocenters. The molecule has 1 heterocycles. The van der Waals surface area contributed by atoms with Crippen molar-refractivity contribution in [3.63, 3.8) is 0 Å². The predicted molar refractivity (Wildman–Crippen MR) is 88.1 cm³/mol. The molecule has 2 rings (SSSR count). The molecule has 1 aromatic heterocycles. The molecule has 1 N–H and O–H groups in total. The van der Waals surface area contributed by atoms with Crippen LogP contribution in [0.25, 0.3) is 0 Å². The second-order valence-electron chi connectivity index (χ2n) is 4.37. The van der Waals surface area contributed by atoms with Gasteiger partial charge in [0.2, 0.25) is 5.91 Å². The van der Waals surface area contributed by atoms with Crippen LogP contribution in [0.1, 0.15) is 12.5 Å². The lowest BCUT2D eigenvalue weighted by atomic mass is 10.2. The number of carbonyl (C=O) groups excluding carboxylic acids is 1. The maximum absolute atomic E-state index is 11.8. The fourth-order valence-corrected chi connectivity index (χ4v) is 2.01. The third kappa shape index (κ3) is 4.72. The quantitative estimate of drug-likeness (QED) is 0.662. The van der Waals surface area contributed by atoms with E-state index in [9.17, 15) is 4.79 Å². The van der Waals surface area contributed by atoms with E-state index in [0.29, 0.717) is 12.4 Å². The normalized spacial score (nSPS) is 11.3. The van der Waals surface area contributed by atoms with E-state index in [1.807, 2.05) is 37.3 Å². The van der Waals surface area contributed by atoms with Crippen molar-refractivity contribution in [3.8, 4) is 0 Å². The van der Waals surface area contributed by atoms with Crippen LogP contribution in [0.2, 0.25) is 0 Å². The van der Waals surface area contributed by atoms with Gasteiger partial charge in [-0.15, -0.1) is 0 Å². The van der Waals surface area contributed by atoms with Crippen LogP contribution in [-0.4, -0.2) is 15.7 Å². The molecule has 0 atom stereocenters. The molecule has 0 saturated carbocycles. The van der Waals surface area contributed by atoms with Gasteiger partial charge in [0.05, 0.1) is 12.7 Å². The van der Waals surface area contributed by atoms with Crippen LogP contribution in [0.15, 0.2) is 65.3 Å². The van der Waals surface area contributed by atoms with E-state index in [4.69, 9.17) is 0 Å². The Morgan fingerprint density at radius 3 is 2.76 bits per heavy atom. The molecule has 0 saturated heterocycles. The highest BCUT2D eigenvalue weighted by Gasteiger charge is 2.05. The molecular weight excluding hydrogens is 330 g/mol. The molecule has 0 aliphatic heterocycles. The number of halogens is 1. The van der Waals surface area contributed by atoms with Gasteiger partial charge in [0.1, 0.15) is 5.82 Å². The molecule has 1 amide bonds. The summed E-state index contributed by atoms with van der Waals surface area (Å²) in [4.78, 5) is 11.8. The fourth-order valence-electron chi connectivity index (χ4n) is 1.75. The number of benzene rings is 1. The largest absolute Gasteiger partial charge is 0.307 e. The van der Waals surface area contributed by atoms with Crippen molar-refractivity contribution < 1.29 is 4.79 Å². The summed E-state index contributed by atoms with van der Waals surface area (Å²) in [6.45, 7) is 2.50. The van der Waals surface area contributed by atoms with Crippen LogP contribution in [0, 0.1) is 0 Å². The number of carbonyl (C=O) groups is 1. The molecule has 0 aliphatic carbocycles. The number of allylic oxidation sites excluding steroid dienone is 3. The summed E-state index contributed by atoms with van der Waals surface area (Å²) in [5.74, 6) is 0.499. The Bertz CT molecular complexity index is 656. The summed E-state index contributed by atoms with van der Waals surface area (Å²) in [6.07, 6.45) is 8.52. The van der Waals surface area contributed by atoms with Crippen LogP contribution in [0.3, 0.4) is 0 Å². The minimum atomic E-state index is -0.175. The second kappa shape index (κ2) is 7.59. The molecule has 2 aromatic rings. The van der Waals surface area contributed by atoms with Gasteiger partial charge < -0.3 is 5.32 Å². The number of hydrogen-bond acceptors (Lipinski definition) is 2. The Morgan fingerprint density at radius 1 is 1.29 bits per heavy atom. The minimum absolute atomic E-state index is 0.175. The lowest BCUT2D eigenvalue weighted by molar-refractivity contribution is -0.111. The minimum Gasteiger partial charge on any atom is -0.307 e. The Hall–Kier alpha value is -2.14. The van der Waals surface area contributed by atoms with Crippen molar-refractivity contribution in [1.82, 2.24) is 9.78 Å². The van der Waals surface area contributed by atoms with Crippen molar-refractivity contribution in [2.24, 2.45) is 0 Å². The highest BCUT2D eigenvalue weighted by atomic mass is 79.9. The average molecular weight is 346 g/mol. The van der Waals surface area contributed by atoms with Crippen LogP contribution in [0.4, 0.5) is 5.82 Å². The lowest BCUT2D eigenvalue weighted by Gasteiger charge is -2.08. The van der Waals surface area contributed by atoms with Gasteiger partial charge in [-0.1, -0.05) is 46.3 Å². The third-order valence-corrected chi connectivity index (χ3v) is 3.29. The molecule has 0 fully saturated rings. The molecule has 108 valence electrons. The van der Waals surface area contributed by atoms with Gasteiger partial charge in [-0.2, -0.15) is 5.10 Å². The lowest BCUT2D eigenvalue weighted by Crippen LogP contribution is -2.13. The van der Waals surface area contributed by atoms with E-state index in [0.717, 1.165) is 10.0 Å². The first-order valence-corrected chi connectivity index (χ1v) is 7.35. The monoisotopic (exact) mass is 345 g/mol. The summed E-state index contributed by atoms with van der Waals surface area (Å²) < 4.78 is 2.79. The fraction of sp³-hybridized carbons (Fsp3) is 0.125. The first-order chi connectivity index (χ1) is 10.2. The van der Waals surface area contributed by atoms with Crippen LogP contribution in [-0.2, 0) is 11.3 Å². The Kier molecular flexibility index (Phi) is 5.51. The zero-order valence-electron chi connectivity index (χ0n) is 11.7. The predicted octanol–water partition coefficient (Wildman–Crippen LogP) is 3.76. The zero-order valence-corrected chi connectivity index (χ0v) is 13.2. The van der Waals surface area contributed by atoms with Crippen molar-refractivity contribution in [1.29, 1.82) is 0 Å². The number of amides is 1. The topological polar surface area (TPSA) is 46.9 Å². The maximum atomic E-state index is 11.8. The molecule has 0 bridgehead atoms. The number of hydrogen-bond donors (Lipinski definition) is 1. The van der Waals surface area contributed by atoms with Gasteiger partial charge in [-0.25, -0.2) is 4.68 Å². The molecule has 0 radical (unpaired) electrons. The van der Waals surface area contributed by atoms with Crippen molar-refractivity contribution in [3.05, 3.63) is 70.9 Å². The zero-order chi connectivity index (χ0) is 15.1. The smallest absolute Gasteiger partial charge is 0.249 e. The van der Waals surface area contributed by atoms with Crippen LogP contribution >= 0.6 is 15.9 Å². The third-order valence-electron chi connectivity index (χ3n) is 2.76. The van der Waals surface area contributed by atoms with Crippen molar-refractivity contribution in [2.45, 2.75) is 13.5 Å². The Labute approximate surface area is 132 Å². The van der Waals surface area contributed by atoms with Gasteiger partial charge >= 0.3 is 0 Å². The highest BCUT2D eigenvalue weighted by Crippen LogP contribution is 2.14. The van der Waals surface area contributed by atoms with E-state index in [2.05, 4.69) is 26.3 Å². The SMILES string of the molecule is CC=CC=CC(=O)Nc1ccnn1Cc1ccc(Br)cc1. The number of aromatic nitrogens is 2. The second-order valence-corrected chi connectivity index (χ2v) is 5.29.